The summed E-state index contributed by atoms with van der Waals surface area (Å²) in [5, 5.41) is 6.70. The van der Waals surface area contributed by atoms with Gasteiger partial charge in [-0.05, 0) is 29.8 Å². The number of nitrogens with one attached hydrogen (secondary N) is 1. The molecule has 1 N–H and O–H groups in total. The molecule has 2 aromatic heterocycles. The van der Waals surface area contributed by atoms with E-state index in [-0.39, 0.29) is 11.9 Å². The van der Waals surface area contributed by atoms with Crippen LogP contribution in [0.15, 0.2) is 96.3 Å². The summed E-state index contributed by atoms with van der Waals surface area (Å²) >= 11 is 1.49. The minimum Gasteiger partial charge on any atom is -0.292 e. The number of carbonyl (C=O) groups excluding carboxylic acids is 1. The van der Waals surface area contributed by atoms with Crippen molar-refractivity contribution in [2.75, 3.05) is 5.32 Å². The predicted octanol–water partition coefficient (Wildman–Crippen LogP) is 4.13. The molecule has 4 rings (SSSR count). The van der Waals surface area contributed by atoms with Crippen molar-refractivity contribution in [3.05, 3.63) is 97.0 Å². The molecule has 28 heavy (non-hydrogen) atoms. The van der Waals surface area contributed by atoms with Gasteiger partial charge in [0.05, 0.1) is 0 Å². The van der Waals surface area contributed by atoms with Gasteiger partial charge >= 0.3 is 0 Å². The van der Waals surface area contributed by atoms with Crippen LogP contribution in [-0.2, 0) is 4.79 Å². The van der Waals surface area contributed by atoms with E-state index in [2.05, 4.69) is 20.4 Å². The predicted molar refractivity (Wildman–Crippen MR) is 109 cm³/mol. The summed E-state index contributed by atoms with van der Waals surface area (Å²) in [5.41, 5.74) is 0.915. The SMILES string of the molecule is O=C(Nc1ncn(-c2ccccn2)n1)[C@@H](Sc1ccccc1)c1ccccc1. The average Bonchev–Trinajstić information content (AvgIpc) is 3.22. The molecule has 0 bridgehead atoms. The second-order valence-electron chi connectivity index (χ2n) is 5.91. The van der Waals surface area contributed by atoms with Gasteiger partial charge in [0.1, 0.15) is 11.6 Å². The van der Waals surface area contributed by atoms with Crippen molar-refractivity contribution in [3.8, 4) is 5.82 Å². The Balaban J connectivity index is 1.55. The largest absolute Gasteiger partial charge is 0.292 e. The maximum Gasteiger partial charge on any atom is 0.249 e. The van der Waals surface area contributed by atoms with E-state index in [0.29, 0.717) is 5.82 Å². The van der Waals surface area contributed by atoms with E-state index in [1.165, 1.54) is 22.8 Å². The molecule has 2 aromatic carbocycles. The molecule has 0 aliphatic carbocycles. The lowest BCUT2D eigenvalue weighted by atomic mass is 10.1. The van der Waals surface area contributed by atoms with E-state index in [4.69, 9.17) is 0 Å². The Kier molecular flexibility index (Phi) is 5.44. The van der Waals surface area contributed by atoms with Gasteiger partial charge in [-0.3, -0.25) is 10.1 Å². The lowest BCUT2D eigenvalue weighted by Crippen LogP contribution is -2.20. The van der Waals surface area contributed by atoms with Crippen LogP contribution >= 0.6 is 11.8 Å². The number of nitrogens with zero attached hydrogens (tertiary/aromatic N) is 4. The van der Waals surface area contributed by atoms with Gasteiger partial charge in [0.25, 0.3) is 0 Å². The van der Waals surface area contributed by atoms with E-state index < -0.39 is 5.25 Å². The van der Waals surface area contributed by atoms with Crippen LogP contribution < -0.4 is 5.32 Å². The van der Waals surface area contributed by atoms with Crippen molar-refractivity contribution in [3.63, 3.8) is 0 Å². The summed E-state index contributed by atoms with van der Waals surface area (Å²) < 4.78 is 1.53. The van der Waals surface area contributed by atoms with Gasteiger partial charge in [-0.15, -0.1) is 16.9 Å². The minimum absolute atomic E-state index is 0.182. The Morgan fingerprint density at radius 2 is 1.61 bits per heavy atom. The van der Waals surface area contributed by atoms with Crippen molar-refractivity contribution in [1.29, 1.82) is 0 Å². The third kappa shape index (κ3) is 4.27. The molecule has 6 nitrogen and oxygen atoms in total. The summed E-state index contributed by atoms with van der Waals surface area (Å²) in [5.74, 6) is 0.692. The monoisotopic (exact) mass is 387 g/mol. The number of pyridine rings is 1. The highest BCUT2D eigenvalue weighted by atomic mass is 32.2. The van der Waals surface area contributed by atoms with Crippen molar-refractivity contribution in [1.82, 2.24) is 19.7 Å². The van der Waals surface area contributed by atoms with Gasteiger partial charge in [-0.1, -0.05) is 54.6 Å². The Bertz CT molecular complexity index is 1040. The third-order valence-electron chi connectivity index (χ3n) is 3.95. The Morgan fingerprint density at radius 3 is 2.32 bits per heavy atom. The molecule has 0 aliphatic rings. The molecule has 4 aromatic rings. The maximum absolute atomic E-state index is 13.0. The standard InChI is InChI=1S/C21H17N5OS/c27-20(24-21-23-15-26(25-21)18-13-7-8-14-22-18)19(16-9-3-1-4-10-16)28-17-11-5-2-6-12-17/h1-15,19H,(H,24,25,27)/t19-/m0/s1. The first kappa shape index (κ1) is 17.9. The van der Waals surface area contributed by atoms with Crippen molar-refractivity contribution >= 4 is 23.6 Å². The zero-order chi connectivity index (χ0) is 19.2. The first-order chi connectivity index (χ1) is 13.8. The molecule has 0 saturated carbocycles. The van der Waals surface area contributed by atoms with Gasteiger partial charge in [-0.2, -0.15) is 4.98 Å². The van der Waals surface area contributed by atoms with Crippen LogP contribution in [0.3, 0.4) is 0 Å². The highest BCUT2D eigenvalue weighted by molar-refractivity contribution is 8.00. The van der Waals surface area contributed by atoms with Gasteiger partial charge < -0.3 is 0 Å². The van der Waals surface area contributed by atoms with Crippen LogP contribution in [0.1, 0.15) is 10.8 Å². The van der Waals surface area contributed by atoms with Crippen LogP contribution in [0.2, 0.25) is 0 Å². The summed E-state index contributed by atoms with van der Waals surface area (Å²) in [6.45, 7) is 0. The number of aromatic nitrogens is 4. The van der Waals surface area contributed by atoms with E-state index in [9.17, 15) is 4.79 Å². The van der Waals surface area contributed by atoms with Crippen LogP contribution in [-0.4, -0.2) is 25.7 Å². The Hall–Kier alpha value is -3.45. The van der Waals surface area contributed by atoms with Crippen LogP contribution in [0.25, 0.3) is 5.82 Å². The molecule has 0 radical (unpaired) electrons. The molecule has 0 unspecified atom stereocenters. The lowest BCUT2D eigenvalue weighted by Gasteiger charge is -2.16. The highest BCUT2D eigenvalue weighted by Gasteiger charge is 2.23. The summed E-state index contributed by atoms with van der Waals surface area (Å²) in [4.78, 5) is 22.4. The Morgan fingerprint density at radius 1 is 0.893 bits per heavy atom. The molecular weight excluding hydrogens is 370 g/mol. The van der Waals surface area contributed by atoms with Gasteiger partial charge in [-0.25, -0.2) is 9.67 Å². The maximum atomic E-state index is 13.0. The highest BCUT2D eigenvalue weighted by Crippen LogP contribution is 2.35. The van der Waals surface area contributed by atoms with E-state index in [1.54, 1.807) is 6.20 Å². The fourth-order valence-electron chi connectivity index (χ4n) is 2.63. The molecule has 138 valence electrons. The molecule has 7 heteroatoms. The summed E-state index contributed by atoms with van der Waals surface area (Å²) in [6, 6.07) is 25.0. The number of benzene rings is 2. The second kappa shape index (κ2) is 8.49. The number of thioether (sulfide) groups is 1. The first-order valence-corrected chi connectivity index (χ1v) is 9.58. The molecule has 2 heterocycles. The topological polar surface area (TPSA) is 72.7 Å². The van der Waals surface area contributed by atoms with E-state index >= 15 is 0 Å². The minimum atomic E-state index is -0.426. The van der Waals surface area contributed by atoms with Gasteiger partial charge in [0.15, 0.2) is 5.82 Å². The number of anilines is 1. The van der Waals surface area contributed by atoms with E-state index in [1.807, 2.05) is 78.9 Å². The summed E-state index contributed by atoms with van der Waals surface area (Å²) in [6.07, 6.45) is 3.21. The van der Waals surface area contributed by atoms with Crippen molar-refractivity contribution in [2.24, 2.45) is 0 Å². The number of rotatable bonds is 6. The fraction of sp³-hybridized carbons (Fsp3) is 0.0476. The Labute approximate surface area is 166 Å². The van der Waals surface area contributed by atoms with E-state index in [0.717, 1.165) is 10.5 Å². The van der Waals surface area contributed by atoms with Crippen LogP contribution in [0.5, 0.6) is 0 Å². The normalized spacial score (nSPS) is 11.7. The number of carbonyl (C=O) groups is 1. The van der Waals surface area contributed by atoms with Crippen molar-refractivity contribution in [2.45, 2.75) is 10.1 Å². The molecule has 1 atom stereocenters. The molecule has 1 amide bonds. The van der Waals surface area contributed by atoms with Crippen molar-refractivity contribution < 1.29 is 4.79 Å². The van der Waals surface area contributed by atoms with Gasteiger partial charge in [0, 0.05) is 11.1 Å². The molecular formula is C21H17N5OS. The number of hydrogen-bond acceptors (Lipinski definition) is 5. The zero-order valence-corrected chi connectivity index (χ0v) is 15.7. The first-order valence-electron chi connectivity index (χ1n) is 8.70. The molecule has 0 saturated heterocycles. The summed E-state index contributed by atoms with van der Waals surface area (Å²) in [7, 11) is 0. The quantitative estimate of drug-likeness (QED) is 0.504. The third-order valence-corrected chi connectivity index (χ3v) is 5.21. The van der Waals surface area contributed by atoms with Crippen LogP contribution in [0, 0.1) is 0 Å². The molecule has 0 aliphatic heterocycles. The second-order valence-corrected chi connectivity index (χ2v) is 7.09. The molecule has 0 spiro atoms. The number of hydrogen-bond donors (Lipinski definition) is 1. The number of amides is 1. The van der Waals surface area contributed by atoms with Gasteiger partial charge in [0.2, 0.25) is 11.9 Å². The smallest absolute Gasteiger partial charge is 0.249 e. The lowest BCUT2D eigenvalue weighted by molar-refractivity contribution is -0.115. The van der Waals surface area contributed by atoms with Crippen LogP contribution in [0.4, 0.5) is 5.95 Å². The average molecular weight is 387 g/mol. The fourth-order valence-corrected chi connectivity index (χ4v) is 3.68. The molecule has 0 fully saturated rings. The zero-order valence-electron chi connectivity index (χ0n) is 14.8.